The predicted octanol–water partition coefficient (Wildman–Crippen LogP) is -4.31. The van der Waals surface area contributed by atoms with Crippen LogP contribution in [0.25, 0.3) is 0 Å². The quantitative estimate of drug-likeness (QED) is 0.304. The number of aliphatic hydroxyl groups excluding tert-OH is 2. The molecule has 0 aromatic rings. The molecule has 0 rings (SSSR count). The van der Waals surface area contributed by atoms with E-state index in [1.807, 2.05) is 0 Å². The Morgan fingerprint density at radius 3 is 1.31 bits per heavy atom. The Morgan fingerprint density at radius 2 is 1.19 bits per heavy atom. The van der Waals surface area contributed by atoms with Gasteiger partial charge in [-0.05, 0) is 13.8 Å². The molecule has 94 valence electrons. The number of aliphatic carboxylic acids is 2. The molecule has 3 N–H and O–H groups in total. The summed E-state index contributed by atoms with van der Waals surface area (Å²) < 4.78 is 0. The minimum absolute atomic E-state index is 0. The van der Waals surface area contributed by atoms with Crippen LogP contribution in [0.4, 0.5) is 0 Å². The molecule has 0 bridgehead atoms. The molecule has 7 nitrogen and oxygen atoms in total. The average Bonchev–Trinajstić information content (AvgIpc) is 2.03. The van der Waals surface area contributed by atoms with Gasteiger partial charge in [0.25, 0.3) is 0 Å². The number of rotatable bonds is 4. The molecule has 0 saturated heterocycles. The van der Waals surface area contributed by atoms with Crippen molar-refractivity contribution in [3.05, 3.63) is 0 Å². The van der Waals surface area contributed by atoms with Crippen LogP contribution in [0.2, 0.25) is 0 Å². The van der Waals surface area contributed by atoms with Crippen molar-refractivity contribution in [2.45, 2.75) is 13.8 Å². The fraction of sp³-hybridized carbons (Fsp3) is 0.750. The zero-order valence-corrected chi connectivity index (χ0v) is 13.2. The topological polar surface area (TPSA) is 133 Å². The average molecular weight is 430 g/mol. The fourth-order valence-corrected chi connectivity index (χ4v) is 0.283. The minimum atomic E-state index is -1.08. The summed E-state index contributed by atoms with van der Waals surface area (Å²) in [4.78, 5) is 17.8. The number of nitrogens with one attached hydrogen (secondary N) is 1. The maximum atomic E-state index is 8.89. The second kappa shape index (κ2) is 24.1. The van der Waals surface area contributed by atoms with E-state index in [-0.39, 0.29) is 40.5 Å². The van der Waals surface area contributed by atoms with E-state index in [2.05, 4.69) is 5.32 Å². The predicted molar refractivity (Wildman–Crippen MR) is 54.2 cm³/mol. The first-order valence-electron chi connectivity index (χ1n) is 4.16. The number of carboxylic acid groups (broad SMARTS) is 2. The summed E-state index contributed by atoms with van der Waals surface area (Å²) in [5.41, 5.74) is 0. The second-order valence-corrected chi connectivity index (χ2v) is 2.18. The van der Waals surface area contributed by atoms with Gasteiger partial charge in [0.05, 0.1) is 13.2 Å². The van der Waals surface area contributed by atoms with E-state index < -0.39 is 11.9 Å². The molecule has 2 radical (unpaired) electrons. The molecule has 16 heavy (non-hydrogen) atoms. The standard InChI is InChI=1S/C4H11NO2.2C2H4O2.Pb/c6-3-1-5-2-4-7;2*1-2(3)4;/h5-7H,1-4H2;2*1H3,(H,3,4);/q;;;+2/p-2. The van der Waals surface area contributed by atoms with Gasteiger partial charge in [0.2, 0.25) is 0 Å². The Hall–Kier alpha value is -0.258. The van der Waals surface area contributed by atoms with Crippen molar-refractivity contribution in [1.82, 2.24) is 5.32 Å². The van der Waals surface area contributed by atoms with Crippen molar-refractivity contribution >= 4 is 39.2 Å². The van der Waals surface area contributed by atoms with Gasteiger partial charge >= 0.3 is 27.3 Å². The molecule has 0 aliphatic rings. The van der Waals surface area contributed by atoms with Gasteiger partial charge in [-0.25, -0.2) is 0 Å². The number of carbonyl (C=O) groups excluding carboxylic acids is 2. The molecule has 0 aliphatic carbocycles. The van der Waals surface area contributed by atoms with Gasteiger partial charge in [0, 0.05) is 25.0 Å². The molecule has 0 fully saturated rings. The molecule has 0 heterocycles. The largest absolute Gasteiger partial charge is 2.00 e. The van der Waals surface area contributed by atoms with Crippen molar-refractivity contribution in [1.29, 1.82) is 0 Å². The number of aliphatic hydroxyl groups is 2. The molecule has 0 atom stereocenters. The summed E-state index contributed by atoms with van der Waals surface area (Å²) in [6.45, 7) is 3.36. The van der Waals surface area contributed by atoms with E-state index in [1.54, 1.807) is 0 Å². The van der Waals surface area contributed by atoms with Crippen LogP contribution in [0.1, 0.15) is 13.8 Å². The number of carboxylic acids is 2. The Balaban J connectivity index is -0.0000000700. The first-order valence-corrected chi connectivity index (χ1v) is 4.16. The van der Waals surface area contributed by atoms with E-state index in [4.69, 9.17) is 30.0 Å². The maximum Gasteiger partial charge on any atom is 2.00 e. The first kappa shape index (κ1) is 24.8. The van der Waals surface area contributed by atoms with Crippen LogP contribution in [0.5, 0.6) is 0 Å². The summed E-state index contributed by atoms with van der Waals surface area (Å²) in [5.74, 6) is -2.17. The summed E-state index contributed by atoms with van der Waals surface area (Å²) in [7, 11) is 0. The summed E-state index contributed by atoms with van der Waals surface area (Å²) >= 11 is 0. The zero-order valence-electron chi connectivity index (χ0n) is 9.36. The van der Waals surface area contributed by atoms with Gasteiger partial charge in [-0.15, -0.1) is 0 Å². The molecule has 0 aliphatic heterocycles. The maximum absolute atomic E-state index is 8.89. The molecule has 0 saturated carbocycles. The van der Waals surface area contributed by atoms with E-state index in [0.717, 1.165) is 13.8 Å². The number of hydrogen-bond acceptors (Lipinski definition) is 7. The zero-order chi connectivity index (χ0) is 12.7. The summed E-state index contributed by atoms with van der Waals surface area (Å²) in [5, 5.41) is 36.9. The molecule has 0 amide bonds. The number of carbonyl (C=O) groups is 2. The molecule has 0 spiro atoms. The van der Waals surface area contributed by atoms with Crippen molar-refractivity contribution in [2.75, 3.05) is 26.3 Å². The Labute approximate surface area is 115 Å². The third kappa shape index (κ3) is 159. The third-order valence-electron chi connectivity index (χ3n) is 0.577. The van der Waals surface area contributed by atoms with E-state index in [0.29, 0.717) is 13.1 Å². The molecule has 0 aromatic carbocycles. The fourth-order valence-electron chi connectivity index (χ4n) is 0.283. The Morgan fingerprint density at radius 1 is 1.00 bits per heavy atom. The van der Waals surface area contributed by atoms with Crippen LogP contribution >= 0.6 is 0 Å². The van der Waals surface area contributed by atoms with Crippen LogP contribution in [0.3, 0.4) is 0 Å². The van der Waals surface area contributed by atoms with Crippen LogP contribution < -0.4 is 15.5 Å². The Kier molecular flexibility index (Phi) is 37.4. The van der Waals surface area contributed by atoms with Gasteiger partial charge in [-0.1, -0.05) is 0 Å². The van der Waals surface area contributed by atoms with Crippen LogP contribution in [-0.4, -0.2) is 75.8 Å². The normalized spacial score (nSPS) is 7.25. The van der Waals surface area contributed by atoms with Crippen LogP contribution in [-0.2, 0) is 9.59 Å². The van der Waals surface area contributed by atoms with Gasteiger partial charge in [-0.3, -0.25) is 0 Å². The third-order valence-corrected chi connectivity index (χ3v) is 0.577. The Bertz CT molecular complexity index is 131. The number of hydrogen-bond donors (Lipinski definition) is 3. The van der Waals surface area contributed by atoms with Crippen molar-refractivity contribution < 1.29 is 30.0 Å². The van der Waals surface area contributed by atoms with Crippen molar-refractivity contribution in [3.8, 4) is 0 Å². The summed E-state index contributed by atoms with van der Waals surface area (Å²) in [6, 6.07) is 0. The smallest absolute Gasteiger partial charge is 0.550 e. The van der Waals surface area contributed by atoms with Crippen molar-refractivity contribution in [3.63, 3.8) is 0 Å². The molecule has 0 aromatic heterocycles. The second-order valence-electron chi connectivity index (χ2n) is 2.18. The van der Waals surface area contributed by atoms with Crippen LogP contribution in [0.15, 0.2) is 0 Å². The van der Waals surface area contributed by atoms with E-state index in [1.165, 1.54) is 0 Å². The molecule has 8 heteroatoms. The molecular formula is C8H17NO6Pb. The monoisotopic (exact) mass is 431 g/mol. The van der Waals surface area contributed by atoms with Gasteiger partial charge < -0.3 is 35.3 Å². The minimum Gasteiger partial charge on any atom is -0.550 e. The van der Waals surface area contributed by atoms with Gasteiger partial charge in [-0.2, -0.15) is 0 Å². The molecule has 0 unspecified atom stereocenters. The SMILES string of the molecule is CC(=O)[O-].CC(=O)[O-].OCCNCCO.[Pb+2]. The van der Waals surface area contributed by atoms with Gasteiger partial charge in [0.15, 0.2) is 0 Å². The van der Waals surface area contributed by atoms with E-state index >= 15 is 0 Å². The van der Waals surface area contributed by atoms with Gasteiger partial charge in [0.1, 0.15) is 0 Å². The van der Waals surface area contributed by atoms with Crippen LogP contribution in [0, 0.1) is 0 Å². The van der Waals surface area contributed by atoms with Crippen molar-refractivity contribution in [2.24, 2.45) is 0 Å². The molecular weight excluding hydrogens is 413 g/mol. The first-order chi connectivity index (χ1) is 6.88. The summed E-state index contributed by atoms with van der Waals surface area (Å²) in [6.07, 6.45) is 0. The van der Waals surface area contributed by atoms with E-state index in [9.17, 15) is 0 Å².